The Morgan fingerprint density at radius 2 is 2.18 bits per heavy atom. The van der Waals surface area contributed by atoms with Crippen molar-refractivity contribution in [1.82, 2.24) is 9.97 Å². The van der Waals surface area contributed by atoms with Crippen LogP contribution in [0.25, 0.3) is 0 Å². The Hall–Kier alpha value is -1.16. The van der Waals surface area contributed by atoms with Gasteiger partial charge < -0.3 is 10.4 Å². The van der Waals surface area contributed by atoms with Gasteiger partial charge in [-0.1, -0.05) is 6.92 Å². The van der Waals surface area contributed by atoms with Crippen LogP contribution < -0.4 is 5.32 Å². The Bertz CT molecular complexity index is 373. The molecule has 1 heterocycles. The van der Waals surface area contributed by atoms with Gasteiger partial charge in [0.2, 0.25) is 5.95 Å². The fourth-order valence-electron chi connectivity index (χ4n) is 2.38. The number of hydrogen-bond acceptors (Lipinski definition) is 4. The fourth-order valence-corrected chi connectivity index (χ4v) is 2.38. The molecule has 1 aromatic rings. The Kier molecular flexibility index (Phi) is 3.62. The van der Waals surface area contributed by atoms with E-state index in [4.69, 9.17) is 0 Å². The SMILES string of the molecule is Cc1ccnc(NC2(CO)CCC(C)CC2)n1. The van der Waals surface area contributed by atoms with Crippen molar-refractivity contribution in [3.63, 3.8) is 0 Å². The topological polar surface area (TPSA) is 58.0 Å². The van der Waals surface area contributed by atoms with Crippen LogP contribution >= 0.6 is 0 Å². The average Bonchev–Trinajstić information content (AvgIpc) is 2.33. The number of aromatic nitrogens is 2. The maximum Gasteiger partial charge on any atom is 0.223 e. The maximum atomic E-state index is 9.64. The van der Waals surface area contributed by atoms with Crippen LogP contribution in [0.3, 0.4) is 0 Å². The second-order valence-electron chi connectivity index (χ2n) is 5.27. The third kappa shape index (κ3) is 2.94. The maximum absolute atomic E-state index is 9.64. The zero-order valence-corrected chi connectivity index (χ0v) is 10.6. The van der Waals surface area contributed by atoms with E-state index in [0.717, 1.165) is 37.3 Å². The number of aryl methyl sites for hydroxylation is 1. The molecule has 1 aliphatic rings. The molecule has 1 fully saturated rings. The molecule has 2 N–H and O–H groups in total. The highest BCUT2D eigenvalue weighted by Gasteiger charge is 2.34. The van der Waals surface area contributed by atoms with E-state index < -0.39 is 0 Å². The first kappa shape index (κ1) is 12.3. The second-order valence-corrected chi connectivity index (χ2v) is 5.27. The minimum absolute atomic E-state index is 0.150. The van der Waals surface area contributed by atoms with Gasteiger partial charge in [-0.3, -0.25) is 0 Å². The summed E-state index contributed by atoms with van der Waals surface area (Å²) >= 11 is 0. The van der Waals surface area contributed by atoms with Crippen molar-refractivity contribution >= 4 is 5.95 Å². The fraction of sp³-hybridized carbons (Fsp3) is 0.692. The quantitative estimate of drug-likeness (QED) is 0.842. The highest BCUT2D eigenvalue weighted by Crippen LogP contribution is 2.33. The molecule has 0 spiro atoms. The largest absolute Gasteiger partial charge is 0.394 e. The molecule has 0 unspecified atom stereocenters. The van der Waals surface area contributed by atoms with Crippen LogP contribution in [0.2, 0.25) is 0 Å². The number of nitrogens with zero attached hydrogens (tertiary/aromatic N) is 2. The van der Waals surface area contributed by atoms with Crippen LogP contribution in [0.5, 0.6) is 0 Å². The molecule has 0 bridgehead atoms. The number of aliphatic hydroxyl groups excluding tert-OH is 1. The molecule has 0 atom stereocenters. The summed E-state index contributed by atoms with van der Waals surface area (Å²) in [7, 11) is 0. The molecule has 94 valence electrons. The van der Waals surface area contributed by atoms with Crippen molar-refractivity contribution in [2.45, 2.75) is 45.1 Å². The lowest BCUT2D eigenvalue weighted by Gasteiger charge is -2.38. The van der Waals surface area contributed by atoms with Crippen LogP contribution in [0.4, 0.5) is 5.95 Å². The standard InChI is InChI=1S/C13H21N3O/c1-10-3-6-13(9-17,7-4-10)16-12-14-8-5-11(2)15-12/h5,8,10,17H,3-4,6-7,9H2,1-2H3,(H,14,15,16). The summed E-state index contributed by atoms with van der Waals surface area (Å²) in [5.41, 5.74) is 0.722. The number of rotatable bonds is 3. The number of aliphatic hydroxyl groups is 1. The Labute approximate surface area is 102 Å². The van der Waals surface area contributed by atoms with Crippen molar-refractivity contribution in [2.75, 3.05) is 11.9 Å². The van der Waals surface area contributed by atoms with E-state index in [1.54, 1.807) is 6.20 Å². The Balaban J connectivity index is 2.09. The average molecular weight is 235 g/mol. The van der Waals surface area contributed by atoms with Gasteiger partial charge in [0.15, 0.2) is 0 Å². The van der Waals surface area contributed by atoms with Gasteiger partial charge in [-0.2, -0.15) is 0 Å². The van der Waals surface area contributed by atoms with Gasteiger partial charge in [0, 0.05) is 11.9 Å². The predicted octanol–water partition coefficient (Wildman–Crippen LogP) is 2.14. The van der Waals surface area contributed by atoms with Crippen molar-refractivity contribution in [3.8, 4) is 0 Å². The van der Waals surface area contributed by atoms with Gasteiger partial charge in [-0.15, -0.1) is 0 Å². The Morgan fingerprint density at radius 3 is 2.76 bits per heavy atom. The summed E-state index contributed by atoms with van der Waals surface area (Å²) in [6.07, 6.45) is 6.03. The molecule has 2 rings (SSSR count). The lowest BCUT2D eigenvalue weighted by atomic mass is 9.77. The third-order valence-corrected chi connectivity index (χ3v) is 3.71. The molecule has 0 aliphatic heterocycles. The smallest absolute Gasteiger partial charge is 0.223 e. The molecule has 17 heavy (non-hydrogen) atoms. The minimum Gasteiger partial charge on any atom is -0.394 e. The normalized spacial score (nSPS) is 29.0. The molecule has 1 aliphatic carbocycles. The van der Waals surface area contributed by atoms with Crippen molar-refractivity contribution in [3.05, 3.63) is 18.0 Å². The van der Waals surface area contributed by atoms with E-state index in [1.165, 1.54) is 0 Å². The molecule has 1 aromatic heterocycles. The van der Waals surface area contributed by atoms with E-state index in [1.807, 2.05) is 13.0 Å². The van der Waals surface area contributed by atoms with Crippen molar-refractivity contribution in [1.29, 1.82) is 0 Å². The Morgan fingerprint density at radius 1 is 1.47 bits per heavy atom. The second kappa shape index (κ2) is 5.00. The van der Waals surface area contributed by atoms with E-state index in [-0.39, 0.29) is 12.1 Å². The highest BCUT2D eigenvalue weighted by molar-refractivity contribution is 5.30. The van der Waals surface area contributed by atoms with Gasteiger partial charge in [-0.05, 0) is 44.6 Å². The summed E-state index contributed by atoms with van der Waals surface area (Å²) in [6, 6.07) is 1.87. The predicted molar refractivity (Wildman–Crippen MR) is 67.8 cm³/mol. The summed E-state index contributed by atoms with van der Waals surface area (Å²) in [5.74, 6) is 1.39. The molecule has 1 saturated carbocycles. The zero-order chi connectivity index (χ0) is 12.3. The van der Waals surface area contributed by atoms with Gasteiger partial charge in [0.1, 0.15) is 0 Å². The molecule has 0 saturated heterocycles. The van der Waals surface area contributed by atoms with E-state index in [0.29, 0.717) is 5.95 Å². The molecule has 0 amide bonds. The van der Waals surface area contributed by atoms with Gasteiger partial charge in [-0.25, -0.2) is 9.97 Å². The first-order chi connectivity index (χ1) is 8.13. The summed E-state index contributed by atoms with van der Waals surface area (Å²) in [6.45, 7) is 4.36. The van der Waals surface area contributed by atoms with E-state index >= 15 is 0 Å². The van der Waals surface area contributed by atoms with Crippen LogP contribution in [0.15, 0.2) is 12.3 Å². The van der Waals surface area contributed by atoms with E-state index in [2.05, 4.69) is 22.2 Å². The van der Waals surface area contributed by atoms with E-state index in [9.17, 15) is 5.11 Å². The zero-order valence-electron chi connectivity index (χ0n) is 10.6. The molecule has 0 radical (unpaired) electrons. The van der Waals surface area contributed by atoms with Crippen LogP contribution in [-0.2, 0) is 0 Å². The van der Waals surface area contributed by atoms with Crippen LogP contribution in [-0.4, -0.2) is 27.2 Å². The molecule has 4 nitrogen and oxygen atoms in total. The van der Waals surface area contributed by atoms with Crippen LogP contribution in [0, 0.1) is 12.8 Å². The van der Waals surface area contributed by atoms with Crippen LogP contribution in [0.1, 0.15) is 38.3 Å². The van der Waals surface area contributed by atoms with Gasteiger partial charge in [0.25, 0.3) is 0 Å². The van der Waals surface area contributed by atoms with Gasteiger partial charge in [0.05, 0.1) is 12.1 Å². The number of nitrogens with one attached hydrogen (secondary N) is 1. The molecular formula is C13H21N3O. The number of anilines is 1. The monoisotopic (exact) mass is 235 g/mol. The van der Waals surface area contributed by atoms with Crippen molar-refractivity contribution in [2.24, 2.45) is 5.92 Å². The third-order valence-electron chi connectivity index (χ3n) is 3.71. The first-order valence-electron chi connectivity index (χ1n) is 6.32. The minimum atomic E-state index is -0.222. The lowest BCUT2D eigenvalue weighted by Crippen LogP contribution is -2.45. The molecule has 0 aromatic carbocycles. The van der Waals surface area contributed by atoms with Crippen molar-refractivity contribution < 1.29 is 5.11 Å². The summed E-state index contributed by atoms with van der Waals surface area (Å²) < 4.78 is 0. The number of hydrogen-bond donors (Lipinski definition) is 2. The molecular weight excluding hydrogens is 214 g/mol. The summed E-state index contributed by atoms with van der Waals surface area (Å²) in [4.78, 5) is 8.56. The van der Waals surface area contributed by atoms with Gasteiger partial charge >= 0.3 is 0 Å². The highest BCUT2D eigenvalue weighted by atomic mass is 16.3. The molecule has 4 heteroatoms. The lowest BCUT2D eigenvalue weighted by molar-refractivity contribution is 0.154. The summed E-state index contributed by atoms with van der Waals surface area (Å²) in [5, 5.41) is 13.0. The first-order valence-corrected chi connectivity index (χ1v) is 6.32.